The summed E-state index contributed by atoms with van der Waals surface area (Å²) in [6.45, 7) is 1.04. The zero-order valence-electron chi connectivity index (χ0n) is 67.1. The number of rotatable bonds is 59. The SMILES string of the molecule is CCCCCCCCCCCCCCCC(=O)O[C@H](COC(=O)CCCCCCCCCCCNC(=O)OCc1ccccc1)COP(=O)(OCc1ccccc1)OC1[C@H](OCc2ccccc2)[C@H](OCc2ccccc2)C(OP(=O)(OCc2ccccc2)OCc2ccccc2)[C@H](OCc2ccccc2)[C@H]1OCc1ccccc1. The first-order valence-corrected chi connectivity index (χ1v) is 44.6. The van der Waals surface area contributed by atoms with Crippen molar-refractivity contribution in [3.05, 3.63) is 287 Å². The molecule has 1 aliphatic rings. The maximum Gasteiger partial charge on any atom is 0.475 e. The molecule has 8 atom stereocenters. The fourth-order valence-electron chi connectivity index (χ4n) is 13.5. The number of benzene rings is 8. The van der Waals surface area contributed by atoms with Gasteiger partial charge in [0, 0.05) is 19.4 Å². The summed E-state index contributed by atoms with van der Waals surface area (Å²) in [5.41, 5.74) is 5.94. The number of ether oxygens (including phenoxy) is 7. The number of alkyl carbamates (subject to hydrolysis) is 1. The monoisotopic (exact) mass is 1610 g/mol. The summed E-state index contributed by atoms with van der Waals surface area (Å²) in [4.78, 5) is 40.1. The van der Waals surface area contributed by atoms with Gasteiger partial charge in [-0.1, -0.05) is 372 Å². The molecule has 0 heterocycles. The van der Waals surface area contributed by atoms with Crippen LogP contribution in [0.5, 0.6) is 0 Å². The fraction of sp³-hybridized carbons (Fsp3) is 0.457. The van der Waals surface area contributed by atoms with Crippen LogP contribution in [0.1, 0.15) is 206 Å². The Hall–Kier alpha value is -7.97. The molecule has 0 radical (unpaired) electrons. The standard InChI is InChI=1S/C94H121NO18P2/c1-2-3-4-5-6-7-8-9-10-12-16-19-46-65-87(97)111-85(75-101-86(96)64-45-18-15-13-11-14-17-20-47-66-95-94(98)106-71-81-56-37-25-38-57-81)76-110-115(100,109-74-84-62-43-28-44-63-84)113-93-90(104-69-79-52-33-23-34-53-79)88(102-67-77-48-29-21-30-49-77)92(89(103-68-78-50-31-22-32-51-78)91(93)105-70-80-54-35-24-36-55-80)112-114(99,107-72-82-58-39-26-40-59-82)108-73-83-60-41-27-42-61-83/h21-44,48-63,85,88-93H,2-20,45-47,64-76H2,1H3,(H,95,98)/t85-,88-,89+,90-,91-,92?,93?,115?/m1/s1. The van der Waals surface area contributed by atoms with Gasteiger partial charge in [0.05, 0.1) is 52.9 Å². The highest BCUT2D eigenvalue weighted by Gasteiger charge is 2.59. The topological polar surface area (TPSA) is 217 Å². The molecule has 115 heavy (non-hydrogen) atoms. The molecule has 1 amide bonds. The minimum absolute atomic E-state index is 0.0626. The number of phosphoric ester groups is 2. The predicted octanol–water partition coefficient (Wildman–Crippen LogP) is 22.8. The van der Waals surface area contributed by atoms with Gasteiger partial charge in [0.2, 0.25) is 0 Å². The summed E-state index contributed by atoms with van der Waals surface area (Å²) < 4.78 is 120. The third-order valence-corrected chi connectivity index (χ3v) is 22.8. The second-order valence-electron chi connectivity index (χ2n) is 29.4. The van der Waals surface area contributed by atoms with Crippen LogP contribution in [0.4, 0.5) is 4.79 Å². The van der Waals surface area contributed by atoms with E-state index in [9.17, 15) is 14.4 Å². The van der Waals surface area contributed by atoms with E-state index >= 15 is 9.13 Å². The van der Waals surface area contributed by atoms with E-state index in [2.05, 4.69) is 12.2 Å². The molecule has 8 aromatic rings. The van der Waals surface area contributed by atoms with Crippen LogP contribution in [0.25, 0.3) is 0 Å². The normalized spacial score (nSPS) is 16.9. The molecule has 620 valence electrons. The van der Waals surface area contributed by atoms with Crippen LogP contribution < -0.4 is 5.32 Å². The number of carbonyl (C=O) groups is 3. The van der Waals surface area contributed by atoms with E-state index in [1.54, 1.807) is 0 Å². The average Bonchev–Trinajstić information content (AvgIpc) is 0.750. The highest BCUT2D eigenvalue weighted by atomic mass is 31.2. The van der Waals surface area contributed by atoms with Crippen LogP contribution in [0, 0.1) is 0 Å². The lowest BCUT2D eigenvalue weighted by atomic mass is 9.84. The van der Waals surface area contributed by atoms with Crippen molar-refractivity contribution in [1.82, 2.24) is 5.32 Å². The Morgan fingerprint density at radius 3 is 0.887 bits per heavy atom. The third-order valence-electron chi connectivity index (χ3n) is 20.0. The van der Waals surface area contributed by atoms with Gasteiger partial charge in [-0.25, -0.2) is 13.9 Å². The molecule has 1 aliphatic carbocycles. The molecule has 3 unspecified atom stereocenters. The van der Waals surface area contributed by atoms with E-state index < -0.39 is 89.6 Å². The minimum Gasteiger partial charge on any atom is -0.462 e. The van der Waals surface area contributed by atoms with E-state index in [1.165, 1.54) is 51.4 Å². The largest absolute Gasteiger partial charge is 0.475 e. The quantitative estimate of drug-likeness (QED) is 0.0162. The Labute approximate surface area is 682 Å². The van der Waals surface area contributed by atoms with Gasteiger partial charge in [-0.2, -0.15) is 0 Å². The van der Waals surface area contributed by atoms with Crippen molar-refractivity contribution in [3.8, 4) is 0 Å². The van der Waals surface area contributed by atoms with E-state index in [4.69, 9.17) is 60.3 Å². The average molecular weight is 1610 g/mol. The number of nitrogens with one attached hydrogen (secondary N) is 1. The van der Waals surface area contributed by atoms with Gasteiger partial charge in [0.25, 0.3) is 0 Å². The number of hydrogen-bond donors (Lipinski definition) is 1. The number of carbonyl (C=O) groups excluding carboxylic acids is 3. The summed E-state index contributed by atoms with van der Waals surface area (Å²) >= 11 is 0. The van der Waals surface area contributed by atoms with Gasteiger partial charge in [-0.15, -0.1) is 0 Å². The molecule has 1 fully saturated rings. The van der Waals surface area contributed by atoms with Crippen LogP contribution in [0.15, 0.2) is 243 Å². The maximum atomic E-state index is 16.7. The summed E-state index contributed by atoms with van der Waals surface area (Å²) in [7, 11) is -9.89. The molecule has 1 saturated carbocycles. The van der Waals surface area contributed by atoms with Crippen LogP contribution in [-0.2, 0) is 132 Å². The molecule has 0 aromatic heterocycles. The number of hydrogen-bond acceptors (Lipinski definition) is 18. The second-order valence-corrected chi connectivity index (χ2v) is 32.6. The first-order valence-electron chi connectivity index (χ1n) is 41.7. The van der Waals surface area contributed by atoms with E-state index in [1.807, 2.05) is 243 Å². The van der Waals surface area contributed by atoms with Gasteiger partial charge < -0.3 is 38.5 Å². The molecule has 0 aliphatic heterocycles. The van der Waals surface area contributed by atoms with Crippen molar-refractivity contribution in [2.75, 3.05) is 19.8 Å². The highest BCUT2D eigenvalue weighted by molar-refractivity contribution is 7.48. The number of unbranched alkanes of at least 4 members (excludes halogenated alkanes) is 20. The van der Waals surface area contributed by atoms with Crippen LogP contribution >= 0.6 is 15.6 Å². The maximum absolute atomic E-state index is 16.7. The molecule has 19 nitrogen and oxygen atoms in total. The molecule has 0 bridgehead atoms. The lowest BCUT2D eigenvalue weighted by molar-refractivity contribution is -0.268. The van der Waals surface area contributed by atoms with Crippen LogP contribution in [0.2, 0.25) is 0 Å². The number of esters is 2. The molecule has 21 heteroatoms. The summed E-state index contributed by atoms with van der Waals surface area (Å²) in [6.07, 6.45) is 13.0. The smallest absolute Gasteiger partial charge is 0.462 e. The number of phosphoric acid groups is 2. The van der Waals surface area contributed by atoms with Crippen LogP contribution in [-0.4, -0.2) is 80.5 Å². The second kappa shape index (κ2) is 54.1. The first kappa shape index (κ1) is 90.9. The van der Waals surface area contributed by atoms with Gasteiger partial charge in [-0.3, -0.25) is 36.7 Å². The molecule has 8 aromatic carbocycles. The highest BCUT2D eigenvalue weighted by Crippen LogP contribution is 2.58. The lowest BCUT2D eigenvalue weighted by Gasteiger charge is -2.50. The molecule has 9 rings (SSSR count). The Morgan fingerprint density at radius 1 is 0.296 bits per heavy atom. The minimum atomic E-state index is -5.10. The van der Waals surface area contributed by atoms with Gasteiger partial charge in [0.1, 0.15) is 49.8 Å². The summed E-state index contributed by atoms with van der Waals surface area (Å²) in [6, 6.07) is 75.1. The van der Waals surface area contributed by atoms with Gasteiger partial charge >= 0.3 is 33.7 Å². The molecular weight excluding hydrogens is 1490 g/mol. The molecule has 0 spiro atoms. The van der Waals surface area contributed by atoms with Gasteiger partial charge in [0.15, 0.2) is 6.10 Å². The van der Waals surface area contributed by atoms with Crippen molar-refractivity contribution in [1.29, 1.82) is 0 Å². The molecule has 0 saturated heterocycles. The first-order chi connectivity index (χ1) is 56.5. The predicted molar refractivity (Wildman–Crippen MR) is 447 cm³/mol. The van der Waals surface area contributed by atoms with Crippen molar-refractivity contribution in [3.63, 3.8) is 0 Å². The molecular formula is C94H121NO18P2. The zero-order valence-corrected chi connectivity index (χ0v) is 68.9. The number of amides is 1. The summed E-state index contributed by atoms with van der Waals surface area (Å²) in [5.74, 6) is -1.03. The third kappa shape index (κ3) is 36.2. The molecule has 1 N–H and O–H groups in total. The fourth-order valence-corrected chi connectivity index (χ4v) is 16.3. The van der Waals surface area contributed by atoms with E-state index in [0.29, 0.717) is 36.1 Å². The Bertz CT molecular complexity index is 3830. The zero-order chi connectivity index (χ0) is 80.3. The van der Waals surface area contributed by atoms with Crippen molar-refractivity contribution in [2.24, 2.45) is 0 Å². The van der Waals surface area contributed by atoms with Crippen molar-refractivity contribution < 1.29 is 83.8 Å². The Morgan fingerprint density at radius 2 is 0.565 bits per heavy atom. The van der Waals surface area contributed by atoms with Crippen LogP contribution in [0.3, 0.4) is 0 Å². The lowest BCUT2D eigenvalue weighted by Crippen LogP contribution is -2.67. The van der Waals surface area contributed by atoms with Crippen molar-refractivity contribution in [2.45, 2.75) is 257 Å². The Balaban J connectivity index is 0.990. The summed E-state index contributed by atoms with van der Waals surface area (Å²) in [5, 5.41) is 2.84. The van der Waals surface area contributed by atoms with E-state index in [0.717, 1.165) is 105 Å². The van der Waals surface area contributed by atoms with Crippen molar-refractivity contribution >= 4 is 33.7 Å². The Kier molecular flexibility index (Phi) is 42.8. The van der Waals surface area contributed by atoms with E-state index in [-0.39, 0.29) is 65.7 Å². The van der Waals surface area contributed by atoms with Gasteiger partial charge in [-0.05, 0) is 63.8 Å².